The van der Waals surface area contributed by atoms with Crippen molar-refractivity contribution in [2.45, 2.75) is 6.18 Å². The average molecular weight is 242 g/mol. The van der Waals surface area contributed by atoms with Gasteiger partial charge in [0.05, 0.1) is 0 Å². The molecule has 0 saturated carbocycles. The standard InChI is InChI=1S/C11H6F4N2/c12-8-6-9(11(13,14)15)16-17-10(8)7-4-2-1-3-5-7/h1-6H. The third-order valence-electron chi connectivity index (χ3n) is 2.09. The van der Waals surface area contributed by atoms with E-state index in [0.29, 0.717) is 11.6 Å². The van der Waals surface area contributed by atoms with Crippen molar-refractivity contribution in [1.82, 2.24) is 10.2 Å². The van der Waals surface area contributed by atoms with Crippen LogP contribution < -0.4 is 0 Å². The molecule has 0 atom stereocenters. The monoisotopic (exact) mass is 242 g/mol. The molecule has 17 heavy (non-hydrogen) atoms. The number of alkyl halides is 3. The van der Waals surface area contributed by atoms with E-state index in [1.54, 1.807) is 30.3 Å². The summed E-state index contributed by atoms with van der Waals surface area (Å²) in [4.78, 5) is 0. The van der Waals surface area contributed by atoms with Gasteiger partial charge in [0.15, 0.2) is 11.5 Å². The number of rotatable bonds is 1. The number of aromatic nitrogens is 2. The van der Waals surface area contributed by atoms with E-state index >= 15 is 0 Å². The van der Waals surface area contributed by atoms with E-state index in [1.165, 1.54) is 0 Å². The van der Waals surface area contributed by atoms with E-state index in [2.05, 4.69) is 10.2 Å². The Hall–Kier alpha value is -1.98. The Morgan fingerprint density at radius 3 is 2.12 bits per heavy atom. The summed E-state index contributed by atoms with van der Waals surface area (Å²) in [5.41, 5.74) is -1.15. The summed E-state index contributed by atoms with van der Waals surface area (Å²) in [6.45, 7) is 0. The van der Waals surface area contributed by atoms with Gasteiger partial charge in [0.25, 0.3) is 0 Å². The highest BCUT2D eigenvalue weighted by Crippen LogP contribution is 2.29. The Balaban J connectivity index is 2.46. The number of benzene rings is 1. The van der Waals surface area contributed by atoms with Gasteiger partial charge >= 0.3 is 6.18 Å². The summed E-state index contributed by atoms with van der Waals surface area (Å²) in [6.07, 6.45) is -4.69. The lowest BCUT2D eigenvalue weighted by Crippen LogP contribution is -2.10. The quantitative estimate of drug-likeness (QED) is 0.717. The van der Waals surface area contributed by atoms with E-state index in [-0.39, 0.29) is 5.69 Å². The van der Waals surface area contributed by atoms with Gasteiger partial charge in [-0.05, 0) is 0 Å². The summed E-state index contributed by atoms with van der Waals surface area (Å²) in [5, 5.41) is 6.24. The van der Waals surface area contributed by atoms with Gasteiger partial charge in [0.2, 0.25) is 0 Å². The molecule has 0 spiro atoms. The molecule has 0 fully saturated rings. The Morgan fingerprint density at radius 1 is 0.941 bits per heavy atom. The first-order valence-corrected chi connectivity index (χ1v) is 4.64. The lowest BCUT2D eigenvalue weighted by Gasteiger charge is -2.06. The van der Waals surface area contributed by atoms with Gasteiger partial charge in [-0.2, -0.15) is 13.2 Å². The van der Waals surface area contributed by atoms with Crippen molar-refractivity contribution >= 4 is 0 Å². The Bertz CT molecular complexity index is 523. The minimum absolute atomic E-state index is 0.196. The van der Waals surface area contributed by atoms with Crippen LogP contribution in [0.2, 0.25) is 0 Å². The van der Waals surface area contributed by atoms with Crippen molar-refractivity contribution in [2.75, 3.05) is 0 Å². The van der Waals surface area contributed by atoms with Crippen molar-refractivity contribution in [3.8, 4) is 11.3 Å². The first-order valence-electron chi connectivity index (χ1n) is 4.64. The maximum atomic E-state index is 13.5. The zero-order chi connectivity index (χ0) is 12.5. The predicted octanol–water partition coefficient (Wildman–Crippen LogP) is 3.30. The minimum Gasteiger partial charge on any atom is -0.204 e. The summed E-state index contributed by atoms with van der Waals surface area (Å²) < 4.78 is 50.2. The summed E-state index contributed by atoms with van der Waals surface area (Å²) in [5.74, 6) is -1.04. The first kappa shape index (κ1) is 11.5. The average Bonchev–Trinajstić information content (AvgIpc) is 2.29. The van der Waals surface area contributed by atoms with Crippen LogP contribution in [-0.4, -0.2) is 10.2 Å². The maximum absolute atomic E-state index is 13.5. The van der Waals surface area contributed by atoms with E-state index in [9.17, 15) is 17.6 Å². The molecule has 0 aliphatic rings. The first-order chi connectivity index (χ1) is 7.98. The van der Waals surface area contributed by atoms with E-state index in [1.807, 2.05) is 0 Å². The molecule has 0 amide bonds. The molecular formula is C11H6F4N2. The van der Waals surface area contributed by atoms with Crippen molar-refractivity contribution < 1.29 is 17.6 Å². The van der Waals surface area contributed by atoms with Crippen LogP contribution in [0.1, 0.15) is 5.69 Å². The second-order valence-corrected chi connectivity index (χ2v) is 3.29. The highest BCUT2D eigenvalue weighted by Gasteiger charge is 2.34. The van der Waals surface area contributed by atoms with Gasteiger partial charge in [0.1, 0.15) is 5.69 Å². The van der Waals surface area contributed by atoms with Crippen LogP contribution in [0.3, 0.4) is 0 Å². The summed E-state index contributed by atoms with van der Waals surface area (Å²) in [7, 11) is 0. The number of nitrogens with zero attached hydrogens (tertiary/aromatic N) is 2. The zero-order valence-corrected chi connectivity index (χ0v) is 8.37. The number of hydrogen-bond donors (Lipinski definition) is 0. The Kier molecular flexibility index (Phi) is 2.79. The fourth-order valence-corrected chi connectivity index (χ4v) is 1.30. The molecular weight excluding hydrogens is 236 g/mol. The number of halogens is 4. The smallest absolute Gasteiger partial charge is 0.204 e. The van der Waals surface area contributed by atoms with Crippen LogP contribution in [0.4, 0.5) is 17.6 Å². The largest absolute Gasteiger partial charge is 0.435 e. The number of hydrogen-bond acceptors (Lipinski definition) is 2. The molecule has 0 bridgehead atoms. The SMILES string of the molecule is Fc1cc(C(F)(F)F)nnc1-c1ccccc1. The minimum atomic E-state index is -4.69. The van der Waals surface area contributed by atoms with Crippen molar-refractivity contribution in [3.05, 3.63) is 47.9 Å². The van der Waals surface area contributed by atoms with Crippen LogP contribution >= 0.6 is 0 Å². The lowest BCUT2D eigenvalue weighted by molar-refractivity contribution is -0.141. The van der Waals surface area contributed by atoms with E-state index < -0.39 is 17.7 Å². The molecule has 2 nitrogen and oxygen atoms in total. The van der Waals surface area contributed by atoms with E-state index in [0.717, 1.165) is 0 Å². The Labute approximate surface area is 93.9 Å². The van der Waals surface area contributed by atoms with E-state index in [4.69, 9.17) is 0 Å². The molecule has 0 N–H and O–H groups in total. The molecule has 0 aliphatic carbocycles. The van der Waals surface area contributed by atoms with Crippen molar-refractivity contribution in [2.24, 2.45) is 0 Å². The third-order valence-corrected chi connectivity index (χ3v) is 2.09. The molecule has 0 aliphatic heterocycles. The molecule has 1 heterocycles. The zero-order valence-electron chi connectivity index (χ0n) is 8.37. The van der Waals surface area contributed by atoms with Crippen LogP contribution in [0.5, 0.6) is 0 Å². The molecule has 88 valence electrons. The van der Waals surface area contributed by atoms with Crippen LogP contribution in [0.25, 0.3) is 11.3 Å². The second kappa shape index (κ2) is 4.12. The summed E-state index contributed by atoms with van der Waals surface area (Å²) >= 11 is 0. The topological polar surface area (TPSA) is 25.8 Å². The molecule has 2 aromatic rings. The molecule has 0 radical (unpaired) electrons. The fourth-order valence-electron chi connectivity index (χ4n) is 1.30. The van der Waals surface area contributed by atoms with Crippen molar-refractivity contribution in [3.63, 3.8) is 0 Å². The van der Waals surface area contributed by atoms with Gasteiger partial charge in [-0.15, -0.1) is 10.2 Å². The maximum Gasteiger partial charge on any atom is 0.435 e. The van der Waals surface area contributed by atoms with Gasteiger partial charge in [-0.1, -0.05) is 30.3 Å². The van der Waals surface area contributed by atoms with Gasteiger partial charge in [-0.25, -0.2) is 4.39 Å². The van der Waals surface area contributed by atoms with Gasteiger partial charge < -0.3 is 0 Å². The molecule has 1 aromatic carbocycles. The highest BCUT2D eigenvalue weighted by molar-refractivity contribution is 5.58. The molecule has 1 aromatic heterocycles. The second-order valence-electron chi connectivity index (χ2n) is 3.29. The molecule has 6 heteroatoms. The van der Waals surface area contributed by atoms with Crippen molar-refractivity contribution in [1.29, 1.82) is 0 Å². The van der Waals surface area contributed by atoms with Crippen LogP contribution in [0.15, 0.2) is 36.4 Å². The highest BCUT2D eigenvalue weighted by atomic mass is 19.4. The van der Waals surface area contributed by atoms with Gasteiger partial charge in [0, 0.05) is 11.6 Å². The van der Waals surface area contributed by atoms with Crippen LogP contribution in [-0.2, 0) is 6.18 Å². The molecule has 0 saturated heterocycles. The normalized spacial score (nSPS) is 11.5. The fraction of sp³-hybridized carbons (Fsp3) is 0.0909. The van der Waals surface area contributed by atoms with Gasteiger partial charge in [-0.3, -0.25) is 0 Å². The summed E-state index contributed by atoms with van der Waals surface area (Å²) in [6, 6.07) is 8.40. The predicted molar refractivity (Wildman–Crippen MR) is 52.4 cm³/mol. The molecule has 2 rings (SSSR count). The third kappa shape index (κ3) is 2.41. The van der Waals surface area contributed by atoms with Crippen LogP contribution in [0, 0.1) is 5.82 Å². The lowest BCUT2D eigenvalue weighted by atomic mass is 10.1. The Morgan fingerprint density at radius 2 is 1.59 bits per heavy atom. The molecule has 0 unspecified atom stereocenters.